The van der Waals surface area contributed by atoms with E-state index in [0.29, 0.717) is 28.5 Å². The van der Waals surface area contributed by atoms with E-state index in [1.807, 2.05) is 18.2 Å². The molecule has 1 aliphatic rings. The number of aldehydes is 1. The van der Waals surface area contributed by atoms with Gasteiger partial charge in [0.2, 0.25) is 0 Å². The van der Waals surface area contributed by atoms with Gasteiger partial charge in [-0.1, -0.05) is 12.1 Å². The smallest absolute Gasteiger partial charge is 0.168 e. The average Bonchev–Trinajstić information content (AvgIpc) is 3.31. The van der Waals surface area contributed by atoms with Gasteiger partial charge in [-0.2, -0.15) is 14.9 Å². The minimum Gasteiger partial charge on any atom is -0.367 e. The van der Waals surface area contributed by atoms with Gasteiger partial charge in [0, 0.05) is 17.7 Å². The Bertz CT molecular complexity index is 949. The van der Waals surface area contributed by atoms with Gasteiger partial charge in [-0.3, -0.25) is 4.79 Å². The van der Waals surface area contributed by atoms with E-state index >= 15 is 0 Å². The molecule has 0 atom stereocenters. The van der Waals surface area contributed by atoms with Gasteiger partial charge in [-0.05, 0) is 25.0 Å². The molecule has 1 fully saturated rings. The molecule has 0 amide bonds. The van der Waals surface area contributed by atoms with E-state index in [1.54, 1.807) is 16.6 Å². The summed E-state index contributed by atoms with van der Waals surface area (Å²) >= 11 is 0. The lowest BCUT2D eigenvalue weighted by atomic mass is 10.1. The Balaban J connectivity index is 1.91. The largest absolute Gasteiger partial charge is 0.367 e. The van der Waals surface area contributed by atoms with Crippen LogP contribution in [0, 0.1) is 11.3 Å². The number of fused-ring (bicyclic) bond motifs is 1. The van der Waals surface area contributed by atoms with Crippen molar-refractivity contribution in [2.45, 2.75) is 18.9 Å². The van der Waals surface area contributed by atoms with Gasteiger partial charge in [-0.15, -0.1) is 0 Å². The van der Waals surface area contributed by atoms with Crippen LogP contribution in [-0.2, 0) is 0 Å². The first kappa shape index (κ1) is 13.5. The molecule has 0 saturated heterocycles. The van der Waals surface area contributed by atoms with Gasteiger partial charge in [-0.25, -0.2) is 4.98 Å². The summed E-state index contributed by atoms with van der Waals surface area (Å²) in [4.78, 5) is 15.8. The Labute approximate surface area is 132 Å². The number of hydrogen-bond donors (Lipinski definition) is 1. The highest BCUT2D eigenvalue weighted by molar-refractivity contribution is 5.85. The predicted molar refractivity (Wildman–Crippen MR) is 85.2 cm³/mol. The van der Waals surface area contributed by atoms with Crippen LogP contribution in [-0.4, -0.2) is 26.9 Å². The highest BCUT2D eigenvalue weighted by atomic mass is 16.1. The molecule has 0 bridgehead atoms. The Morgan fingerprint density at radius 1 is 1.35 bits per heavy atom. The summed E-state index contributed by atoms with van der Waals surface area (Å²) in [5.41, 5.74) is 3.08. The molecule has 112 valence electrons. The van der Waals surface area contributed by atoms with Crippen molar-refractivity contribution in [1.29, 1.82) is 5.26 Å². The normalized spacial score (nSPS) is 13.7. The maximum atomic E-state index is 11.2. The lowest BCUT2D eigenvalue weighted by Crippen LogP contribution is -2.08. The Kier molecular flexibility index (Phi) is 3.05. The second-order valence-electron chi connectivity index (χ2n) is 5.59. The number of carbonyl (C=O) groups is 1. The summed E-state index contributed by atoms with van der Waals surface area (Å²) in [6, 6.07) is 11.7. The van der Waals surface area contributed by atoms with Crippen LogP contribution in [0.2, 0.25) is 0 Å². The molecule has 0 unspecified atom stereocenters. The molecule has 2 aromatic heterocycles. The molecule has 1 aromatic carbocycles. The monoisotopic (exact) mass is 303 g/mol. The number of hydrogen-bond acceptors (Lipinski definition) is 5. The minimum absolute atomic E-state index is 0.446. The van der Waals surface area contributed by atoms with Crippen molar-refractivity contribution in [1.82, 2.24) is 14.6 Å². The third-order valence-corrected chi connectivity index (χ3v) is 3.84. The van der Waals surface area contributed by atoms with E-state index in [4.69, 9.17) is 5.26 Å². The first-order valence-electron chi connectivity index (χ1n) is 7.39. The number of nitrogens with one attached hydrogen (secondary N) is 1. The van der Waals surface area contributed by atoms with Crippen molar-refractivity contribution in [2.24, 2.45) is 0 Å². The van der Waals surface area contributed by atoms with Crippen molar-refractivity contribution < 1.29 is 4.79 Å². The van der Waals surface area contributed by atoms with Crippen molar-refractivity contribution in [3.8, 4) is 17.3 Å². The first-order valence-corrected chi connectivity index (χ1v) is 7.39. The lowest BCUT2D eigenvalue weighted by molar-refractivity contribution is 0.112. The number of benzene rings is 1. The van der Waals surface area contributed by atoms with E-state index in [0.717, 1.165) is 30.5 Å². The number of rotatable bonds is 4. The van der Waals surface area contributed by atoms with Crippen LogP contribution in [0.15, 0.2) is 36.5 Å². The van der Waals surface area contributed by atoms with E-state index in [9.17, 15) is 4.79 Å². The molecular weight excluding hydrogens is 290 g/mol. The SMILES string of the molecule is N#Cc1cccc(-c2cc(NC3CC3)n3ncc(C=O)c3n2)c1. The fourth-order valence-electron chi connectivity index (χ4n) is 2.50. The van der Waals surface area contributed by atoms with Gasteiger partial charge in [0.1, 0.15) is 5.82 Å². The molecule has 0 aliphatic heterocycles. The van der Waals surface area contributed by atoms with Gasteiger partial charge in [0.25, 0.3) is 0 Å². The molecule has 0 radical (unpaired) electrons. The highest BCUT2D eigenvalue weighted by Gasteiger charge is 2.23. The van der Waals surface area contributed by atoms with Gasteiger partial charge < -0.3 is 5.32 Å². The first-order chi connectivity index (χ1) is 11.3. The Hall–Kier alpha value is -3.20. The summed E-state index contributed by atoms with van der Waals surface area (Å²) < 4.78 is 1.65. The molecule has 1 N–H and O–H groups in total. The molecule has 4 rings (SSSR count). The van der Waals surface area contributed by atoms with Gasteiger partial charge >= 0.3 is 0 Å². The van der Waals surface area contributed by atoms with Crippen LogP contribution >= 0.6 is 0 Å². The van der Waals surface area contributed by atoms with Crippen LogP contribution in [0.4, 0.5) is 5.82 Å². The number of aromatic nitrogens is 3. The zero-order valence-electron chi connectivity index (χ0n) is 12.2. The molecular formula is C17H13N5O. The van der Waals surface area contributed by atoms with Crippen LogP contribution in [0.25, 0.3) is 16.9 Å². The van der Waals surface area contributed by atoms with E-state index < -0.39 is 0 Å². The topological polar surface area (TPSA) is 83.1 Å². The third kappa shape index (κ3) is 2.42. The van der Waals surface area contributed by atoms with Crippen LogP contribution in [0.3, 0.4) is 0 Å². The van der Waals surface area contributed by atoms with Crippen molar-refractivity contribution in [3.63, 3.8) is 0 Å². The molecule has 6 heteroatoms. The molecule has 2 heterocycles. The predicted octanol–water partition coefficient (Wildman–Crippen LogP) is 2.65. The van der Waals surface area contributed by atoms with E-state index in [1.165, 1.54) is 6.20 Å². The average molecular weight is 303 g/mol. The number of anilines is 1. The molecule has 3 aromatic rings. The summed E-state index contributed by atoms with van der Waals surface area (Å²) in [6.07, 6.45) is 4.53. The van der Waals surface area contributed by atoms with Gasteiger partial charge in [0.05, 0.1) is 29.1 Å². The quantitative estimate of drug-likeness (QED) is 0.749. The number of carbonyl (C=O) groups excluding carboxylic acids is 1. The Morgan fingerprint density at radius 3 is 2.96 bits per heavy atom. The standard InChI is InChI=1S/C17H13N5O/c18-8-11-2-1-3-12(6-11)15-7-16(20-14-4-5-14)22-17(21-15)13(10-23)9-19-22/h1-3,6-7,9-10,14,20H,4-5H2. The second-order valence-corrected chi connectivity index (χ2v) is 5.59. The Morgan fingerprint density at radius 2 is 2.22 bits per heavy atom. The van der Waals surface area contributed by atoms with E-state index in [2.05, 4.69) is 21.5 Å². The zero-order chi connectivity index (χ0) is 15.8. The molecule has 6 nitrogen and oxygen atoms in total. The maximum Gasteiger partial charge on any atom is 0.168 e. The molecule has 1 saturated carbocycles. The molecule has 1 aliphatic carbocycles. The van der Waals surface area contributed by atoms with Crippen LogP contribution in [0.1, 0.15) is 28.8 Å². The molecule has 0 spiro atoms. The maximum absolute atomic E-state index is 11.2. The van der Waals surface area contributed by atoms with Crippen LogP contribution < -0.4 is 5.32 Å². The zero-order valence-corrected chi connectivity index (χ0v) is 12.2. The highest BCUT2D eigenvalue weighted by Crippen LogP contribution is 2.28. The van der Waals surface area contributed by atoms with Crippen molar-refractivity contribution in [3.05, 3.63) is 47.7 Å². The fourth-order valence-corrected chi connectivity index (χ4v) is 2.50. The minimum atomic E-state index is 0.446. The van der Waals surface area contributed by atoms with E-state index in [-0.39, 0.29) is 0 Å². The van der Waals surface area contributed by atoms with Crippen molar-refractivity contribution >= 4 is 17.8 Å². The summed E-state index contributed by atoms with van der Waals surface area (Å²) in [6.45, 7) is 0. The van der Waals surface area contributed by atoms with Gasteiger partial charge in [0.15, 0.2) is 11.9 Å². The summed E-state index contributed by atoms with van der Waals surface area (Å²) in [5, 5.41) is 16.7. The number of nitrogens with zero attached hydrogens (tertiary/aromatic N) is 4. The lowest BCUT2D eigenvalue weighted by Gasteiger charge is -2.10. The summed E-state index contributed by atoms with van der Waals surface area (Å²) in [7, 11) is 0. The second kappa shape index (κ2) is 5.21. The summed E-state index contributed by atoms with van der Waals surface area (Å²) in [5.74, 6) is 0.808. The third-order valence-electron chi connectivity index (χ3n) is 3.84. The van der Waals surface area contributed by atoms with Crippen LogP contribution in [0.5, 0.6) is 0 Å². The fraction of sp³-hybridized carbons (Fsp3) is 0.176. The van der Waals surface area contributed by atoms with Crippen molar-refractivity contribution in [2.75, 3.05) is 5.32 Å². The molecule has 23 heavy (non-hydrogen) atoms. The number of nitriles is 1.